The molecule has 10 N–H and O–H groups in total. The van der Waals surface area contributed by atoms with E-state index in [1.54, 1.807) is 32.3 Å². The topological polar surface area (TPSA) is 237 Å². The van der Waals surface area contributed by atoms with Crippen molar-refractivity contribution >= 4 is 87.4 Å². The number of rotatable bonds is 4. The van der Waals surface area contributed by atoms with Crippen molar-refractivity contribution in [3.05, 3.63) is 183 Å². The lowest BCUT2D eigenvalue weighted by atomic mass is 9.79. The van der Waals surface area contributed by atoms with Crippen LogP contribution in [0.15, 0.2) is 148 Å². The number of carbonyl (C=O) groups excluding carboxylic acids is 2. The van der Waals surface area contributed by atoms with E-state index in [2.05, 4.69) is 35.6 Å². The van der Waals surface area contributed by atoms with Gasteiger partial charge in [0.1, 0.15) is 23.7 Å². The molecule has 0 saturated carbocycles. The van der Waals surface area contributed by atoms with Crippen molar-refractivity contribution in [2.24, 2.45) is 21.5 Å². The van der Waals surface area contributed by atoms with Crippen LogP contribution in [0.2, 0.25) is 0 Å². The number of guanidine groups is 2. The van der Waals surface area contributed by atoms with Gasteiger partial charge in [-0.15, -0.1) is 12.4 Å². The molecule has 4 aliphatic rings. The third-order valence-corrected chi connectivity index (χ3v) is 12.6. The molecule has 16 nitrogen and oxygen atoms in total. The Kier molecular flexibility index (Phi) is 14.1. The summed E-state index contributed by atoms with van der Waals surface area (Å²) in [6.07, 6.45) is 0.154. The molecule has 0 aliphatic carbocycles. The molecule has 0 aromatic heterocycles. The Morgan fingerprint density at radius 1 is 0.638 bits per heavy atom. The average molecular weight is 1010 g/mol. The molecule has 10 rings (SSSR count). The summed E-state index contributed by atoms with van der Waals surface area (Å²) < 4.78 is 13.4. The van der Waals surface area contributed by atoms with E-state index in [0.717, 1.165) is 32.3 Å². The van der Waals surface area contributed by atoms with Crippen molar-refractivity contribution in [1.82, 2.24) is 9.80 Å². The van der Waals surface area contributed by atoms with Crippen LogP contribution in [0.25, 0.3) is 20.8 Å². The number of nitrogens with two attached hydrogens (primary N) is 4. The monoisotopic (exact) mass is 1010 g/mol. The average Bonchev–Trinajstić information content (AvgIpc) is 3.69. The van der Waals surface area contributed by atoms with Crippen LogP contribution in [0, 0.1) is 13.1 Å². The molecule has 4 aliphatic heterocycles. The van der Waals surface area contributed by atoms with E-state index < -0.39 is 18.2 Å². The number of anilines is 2. The van der Waals surface area contributed by atoms with Crippen molar-refractivity contribution in [2.45, 2.75) is 36.1 Å². The lowest BCUT2D eigenvalue weighted by Gasteiger charge is -2.37. The predicted molar refractivity (Wildman–Crippen MR) is 272 cm³/mol. The zero-order chi connectivity index (χ0) is 48.5. The maximum atomic E-state index is 13.5. The number of likely N-dealkylation sites (N-methyl/N-ethyl adjacent to an activating group) is 2. The second-order valence-electron chi connectivity index (χ2n) is 16.5. The number of halogens is 2. The van der Waals surface area contributed by atoms with Gasteiger partial charge in [-0.25, -0.2) is 19.7 Å². The Morgan fingerprint density at radius 3 is 1.57 bits per heavy atom. The molecule has 4 atom stereocenters. The summed E-state index contributed by atoms with van der Waals surface area (Å²) in [6, 6.07) is 40.4. The van der Waals surface area contributed by atoms with E-state index in [9.17, 15) is 9.59 Å². The van der Waals surface area contributed by atoms with Crippen LogP contribution in [-0.4, -0.2) is 64.8 Å². The lowest BCUT2D eigenvalue weighted by molar-refractivity contribution is -0.133. The molecule has 348 valence electrons. The normalized spacial score (nSPS) is 20.4. The fourth-order valence-electron chi connectivity index (χ4n) is 8.67. The minimum atomic E-state index is -1.58. The number of fused-ring (bicyclic) bond motifs is 4. The molecule has 0 radical (unpaired) electrons. The Bertz CT molecular complexity index is 3120. The van der Waals surface area contributed by atoms with Crippen LogP contribution in [0.3, 0.4) is 0 Å². The van der Waals surface area contributed by atoms with E-state index >= 15 is 0 Å². The van der Waals surface area contributed by atoms with Gasteiger partial charge in [0.05, 0.1) is 13.1 Å². The summed E-state index contributed by atoms with van der Waals surface area (Å²) >= 11 is 3.47. The van der Waals surface area contributed by atoms with E-state index in [1.165, 1.54) is 28.0 Å². The third kappa shape index (κ3) is 9.52. The molecular formula is C50H45BBrClN10O6. The number of nitrogens with zero attached hydrogens (tertiary/aromatic N) is 6. The fraction of sp³-hybridized carbons (Fsp3) is 0.160. The minimum Gasteiger partial charge on any atom is -0.485 e. The summed E-state index contributed by atoms with van der Waals surface area (Å²) in [7, 11) is 1.71. The molecule has 2 amide bonds. The first-order valence-electron chi connectivity index (χ1n) is 21.1. The van der Waals surface area contributed by atoms with E-state index in [0.29, 0.717) is 52.7 Å². The molecule has 69 heavy (non-hydrogen) atoms. The molecule has 0 fully saturated rings. The fourth-order valence-corrected chi connectivity index (χ4v) is 9.03. The number of aliphatic imine (C=N–C) groups is 2. The first kappa shape index (κ1) is 49.1. The molecule has 4 heterocycles. The highest BCUT2D eigenvalue weighted by Crippen LogP contribution is 2.52. The molecule has 2 spiro atoms. The van der Waals surface area contributed by atoms with Crippen molar-refractivity contribution in [2.75, 3.05) is 25.6 Å². The van der Waals surface area contributed by atoms with Crippen LogP contribution in [-0.2, 0) is 20.7 Å². The van der Waals surface area contributed by atoms with Gasteiger partial charge < -0.3 is 42.5 Å². The van der Waals surface area contributed by atoms with Gasteiger partial charge in [0, 0.05) is 53.9 Å². The van der Waals surface area contributed by atoms with E-state index in [-0.39, 0.29) is 53.8 Å². The molecule has 19 heteroatoms. The van der Waals surface area contributed by atoms with Gasteiger partial charge in [0.15, 0.2) is 34.4 Å². The SMILES string of the molecule is CN1C(=O)C2(CC(c3ccccc3)Oc3ccc(Br)cc32)N=C1N.Cl.[C-]#[N+]c1cc(N)cc(-c2ccc3c(c2)C2(CC(c4ccccc4)O3)N=C(N)N(C)C2=O)c1.[C-]#[N+]c1cc(N)cc(B(O)O)c1. The highest BCUT2D eigenvalue weighted by atomic mass is 79.9. The van der Waals surface area contributed by atoms with Crippen LogP contribution in [0.5, 0.6) is 11.5 Å². The highest BCUT2D eigenvalue weighted by Gasteiger charge is 2.55. The minimum absolute atomic E-state index is 0. The predicted octanol–water partition coefficient (Wildman–Crippen LogP) is 6.87. The number of hydrogen-bond donors (Lipinski definition) is 6. The summed E-state index contributed by atoms with van der Waals surface area (Å²) in [5.41, 5.74) is 28.1. The molecule has 0 saturated heterocycles. The van der Waals surface area contributed by atoms with Gasteiger partial charge in [-0.05, 0) is 88.4 Å². The Balaban J connectivity index is 0.000000167. The van der Waals surface area contributed by atoms with Crippen LogP contribution in [0.4, 0.5) is 22.7 Å². The summed E-state index contributed by atoms with van der Waals surface area (Å²) in [6.45, 7) is 14.0. The zero-order valence-electron chi connectivity index (χ0n) is 37.2. The number of amides is 2. The molecule has 0 bridgehead atoms. The van der Waals surface area contributed by atoms with Crippen molar-refractivity contribution in [3.8, 4) is 22.6 Å². The maximum Gasteiger partial charge on any atom is 0.487 e. The van der Waals surface area contributed by atoms with Gasteiger partial charge in [0.25, 0.3) is 11.8 Å². The van der Waals surface area contributed by atoms with Crippen molar-refractivity contribution in [3.63, 3.8) is 0 Å². The van der Waals surface area contributed by atoms with Gasteiger partial charge in [-0.3, -0.25) is 19.4 Å². The zero-order valence-corrected chi connectivity index (χ0v) is 39.6. The standard InChI is InChI=1S/C25H21N5O2.C18H16BrN3O2.C7H7BN2O2.ClH/c1-28-19-11-17(10-18(26)13-19)16-8-9-21-20(12-16)25(23(31)30(2)24(27)29-25)14-22(32-21)15-6-4-3-5-7-15;1-22-16(23)18(21-17(22)20)10-15(11-5-3-2-4-6-11)24-14-8-7-12(19)9-13(14)18;1-10-7-3-5(8(11)12)2-6(9)4-7;/h3-13,22H,14,26H2,2H3,(H2,27,29);2-9,15H,10H2,1H3,(H2,20,21);2-4,11-12H,9H2;1H. The summed E-state index contributed by atoms with van der Waals surface area (Å²) in [5, 5.41) is 17.5. The number of nitrogen functional groups attached to an aromatic ring is 2. The van der Waals surface area contributed by atoms with Crippen LogP contribution >= 0.6 is 28.3 Å². The molecular weight excluding hydrogens is 963 g/mol. The smallest absolute Gasteiger partial charge is 0.485 e. The highest BCUT2D eigenvalue weighted by molar-refractivity contribution is 9.10. The molecule has 6 aromatic rings. The first-order chi connectivity index (χ1) is 32.5. The van der Waals surface area contributed by atoms with E-state index in [4.69, 9.17) is 55.6 Å². The van der Waals surface area contributed by atoms with E-state index in [1.807, 2.05) is 97.1 Å². The number of hydrogen-bond acceptors (Lipinski definition) is 12. The third-order valence-electron chi connectivity index (χ3n) is 12.1. The Labute approximate surface area is 413 Å². The van der Waals surface area contributed by atoms with Crippen LogP contribution in [0.1, 0.15) is 47.3 Å². The Hall–Kier alpha value is -7.87. The van der Waals surface area contributed by atoms with Crippen molar-refractivity contribution < 1.29 is 29.1 Å². The number of carbonyl (C=O) groups is 2. The van der Waals surface area contributed by atoms with Crippen LogP contribution < -0.4 is 37.9 Å². The number of benzene rings is 6. The first-order valence-corrected chi connectivity index (χ1v) is 21.9. The van der Waals surface area contributed by atoms with Gasteiger partial charge >= 0.3 is 7.12 Å². The van der Waals surface area contributed by atoms with Gasteiger partial charge in [-0.2, -0.15) is 0 Å². The second kappa shape index (κ2) is 19.8. The molecule has 4 unspecified atom stereocenters. The lowest BCUT2D eigenvalue weighted by Crippen LogP contribution is -2.43. The number of ether oxygens (including phenoxy) is 2. The summed E-state index contributed by atoms with van der Waals surface area (Å²) in [4.78, 5) is 45.1. The Morgan fingerprint density at radius 2 is 1.10 bits per heavy atom. The van der Waals surface area contributed by atoms with Crippen molar-refractivity contribution in [1.29, 1.82) is 0 Å². The summed E-state index contributed by atoms with van der Waals surface area (Å²) in [5.74, 6) is 1.36. The maximum absolute atomic E-state index is 13.5. The largest absolute Gasteiger partial charge is 0.487 e. The quantitative estimate of drug-likeness (QED) is 0.0609. The van der Waals surface area contributed by atoms with Gasteiger partial charge in [-0.1, -0.05) is 88.7 Å². The molecule has 6 aromatic carbocycles. The van der Waals surface area contributed by atoms with Gasteiger partial charge in [0.2, 0.25) is 0 Å². The second-order valence-corrected chi connectivity index (χ2v) is 17.4.